The smallest absolute Gasteiger partial charge is 0.255 e. The molecule has 34 heavy (non-hydrogen) atoms. The van der Waals surface area contributed by atoms with Crippen LogP contribution in [0.2, 0.25) is 0 Å². The molecule has 2 rings (SSSR count). The Bertz CT molecular complexity index is 1080. The molecule has 0 unspecified atom stereocenters. The molecule has 0 saturated carbocycles. The molecule has 0 aromatic heterocycles. The molecule has 0 aliphatic rings. The summed E-state index contributed by atoms with van der Waals surface area (Å²) in [4.78, 5) is 9.87. The Morgan fingerprint density at radius 3 is 1.97 bits per heavy atom. The third-order valence-electron chi connectivity index (χ3n) is 4.22. The zero-order valence-electron chi connectivity index (χ0n) is 19.3. The van der Waals surface area contributed by atoms with Gasteiger partial charge in [0.1, 0.15) is 29.0 Å². The standard InChI is InChI=1S/C18H22N2O6S.C3H8N2O2/c1-23-13-10-17(25-3)14(18(11-13)26-4)7-8-27(21,22)20-12-5-6-16(24-2)15(19)9-12;4-2(1-6)3(5)7/h5-11,20H,19H2,1-4H3;2,6H,1,4H2,(H2,5,7)/t;2-/m.0/s1. The van der Waals surface area contributed by atoms with Crippen LogP contribution in [0.15, 0.2) is 35.7 Å². The minimum absolute atomic E-state index is 0.312. The van der Waals surface area contributed by atoms with Crippen LogP contribution in [0.25, 0.3) is 6.08 Å². The maximum atomic E-state index is 12.4. The number of hydrogen-bond donors (Lipinski definition) is 5. The van der Waals surface area contributed by atoms with Crippen LogP contribution in [-0.4, -0.2) is 60.5 Å². The third kappa shape index (κ3) is 8.35. The Morgan fingerprint density at radius 1 is 1.03 bits per heavy atom. The monoisotopic (exact) mass is 498 g/mol. The number of sulfonamides is 1. The van der Waals surface area contributed by atoms with E-state index >= 15 is 0 Å². The van der Waals surface area contributed by atoms with Crippen molar-refractivity contribution in [3.8, 4) is 23.0 Å². The number of hydrogen-bond acceptors (Lipinski definition) is 10. The van der Waals surface area contributed by atoms with Gasteiger partial charge >= 0.3 is 0 Å². The summed E-state index contributed by atoms with van der Waals surface area (Å²) in [6, 6.07) is 6.96. The van der Waals surface area contributed by atoms with Crippen molar-refractivity contribution in [2.45, 2.75) is 6.04 Å². The molecule has 0 aliphatic carbocycles. The zero-order chi connectivity index (χ0) is 25.9. The van der Waals surface area contributed by atoms with Gasteiger partial charge < -0.3 is 41.3 Å². The molecule has 0 radical (unpaired) electrons. The Morgan fingerprint density at radius 2 is 1.59 bits per heavy atom. The first-order valence-corrected chi connectivity index (χ1v) is 11.2. The van der Waals surface area contributed by atoms with Crippen LogP contribution in [0.4, 0.5) is 11.4 Å². The second-order valence-corrected chi connectivity index (χ2v) is 8.11. The minimum atomic E-state index is -3.80. The number of primary amides is 1. The molecule has 2 aromatic rings. The van der Waals surface area contributed by atoms with Crippen LogP contribution in [0.5, 0.6) is 23.0 Å². The van der Waals surface area contributed by atoms with E-state index in [4.69, 9.17) is 35.5 Å². The fourth-order valence-corrected chi connectivity index (χ4v) is 3.28. The van der Waals surface area contributed by atoms with Gasteiger partial charge in [0.2, 0.25) is 5.91 Å². The van der Waals surface area contributed by atoms with Crippen molar-refractivity contribution in [1.29, 1.82) is 0 Å². The van der Waals surface area contributed by atoms with E-state index in [0.717, 1.165) is 5.41 Å². The van der Waals surface area contributed by atoms with Gasteiger partial charge in [0.25, 0.3) is 10.0 Å². The highest BCUT2D eigenvalue weighted by molar-refractivity contribution is 7.95. The molecule has 0 saturated heterocycles. The largest absolute Gasteiger partial charge is 0.496 e. The number of aliphatic hydroxyl groups is 1. The second kappa shape index (κ2) is 13.1. The van der Waals surface area contributed by atoms with Gasteiger partial charge in [-0.2, -0.15) is 0 Å². The predicted octanol–water partition coefficient (Wildman–Crippen LogP) is 0.507. The molecule has 0 aliphatic heterocycles. The van der Waals surface area contributed by atoms with Crippen molar-refractivity contribution in [2.75, 3.05) is 45.5 Å². The van der Waals surface area contributed by atoms with Gasteiger partial charge in [-0.3, -0.25) is 9.52 Å². The molecule has 2 aromatic carbocycles. The van der Waals surface area contributed by atoms with Crippen molar-refractivity contribution in [3.05, 3.63) is 41.3 Å². The molecule has 1 amide bonds. The summed E-state index contributed by atoms with van der Waals surface area (Å²) < 4.78 is 48.0. The first kappa shape index (κ1) is 28.4. The van der Waals surface area contributed by atoms with Gasteiger partial charge in [-0.25, -0.2) is 8.42 Å². The first-order chi connectivity index (χ1) is 16.0. The zero-order valence-corrected chi connectivity index (χ0v) is 20.1. The fourth-order valence-electron chi connectivity index (χ4n) is 2.44. The van der Waals surface area contributed by atoms with Crippen molar-refractivity contribution < 1.29 is 37.3 Å². The number of carbonyl (C=O) groups is 1. The van der Waals surface area contributed by atoms with Crippen molar-refractivity contribution in [3.63, 3.8) is 0 Å². The molecule has 0 spiro atoms. The fraction of sp³-hybridized carbons (Fsp3) is 0.286. The highest BCUT2D eigenvalue weighted by Crippen LogP contribution is 2.35. The summed E-state index contributed by atoms with van der Waals surface area (Å²) in [6.45, 7) is -0.380. The Hall–Kier alpha value is -3.68. The number of ether oxygens (including phenoxy) is 4. The summed E-state index contributed by atoms with van der Waals surface area (Å²) in [5.41, 5.74) is 16.4. The van der Waals surface area contributed by atoms with Crippen LogP contribution < -0.4 is 40.9 Å². The molecular formula is C21H30N4O8S. The molecule has 188 valence electrons. The molecule has 0 bridgehead atoms. The van der Waals surface area contributed by atoms with Gasteiger partial charge in [0.05, 0.1) is 57.4 Å². The van der Waals surface area contributed by atoms with Gasteiger partial charge in [0, 0.05) is 12.1 Å². The van der Waals surface area contributed by atoms with E-state index in [-0.39, 0.29) is 6.61 Å². The average molecular weight is 499 g/mol. The lowest BCUT2D eigenvalue weighted by Crippen LogP contribution is -2.39. The molecular weight excluding hydrogens is 468 g/mol. The van der Waals surface area contributed by atoms with Crippen molar-refractivity contribution in [2.24, 2.45) is 11.5 Å². The number of nitrogen functional groups attached to an aromatic ring is 1. The highest BCUT2D eigenvalue weighted by Gasteiger charge is 2.13. The normalized spacial score (nSPS) is 11.7. The summed E-state index contributed by atoms with van der Waals surface area (Å²) in [5, 5.41) is 9.09. The third-order valence-corrected chi connectivity index (χ3v) is 5.23. The summed E-state index contributed by atoms with van der Waals surface area (Å²) >= 11 is 0. The molecule has 8 N–H and O–H groups in total. The van der Waals surface area contributed by atoms with E-state index in [1.807, 2.05) is 0 Å². The number of rotatable bonds is 10. The number of carbonyl (C=O) groups excluding carboxylic acids is 1. The van der Waals surface area contributed by atoms with Gasteiger partial charge in [-0.1, -0.05) is 0 Å². The Labute approximate surface area is 198 Å². The van der Waals surface area contributed by atoms with Crippen LogP contribution >= 0.6 is 0 Å². The predicted molar refractivity (Wildman–Crippen MR) is 129 cm³/mol. The second-order valence-electron chi connectivity index (χ2n) is 6.54. The van der Waals surface area contributed by atoms with Crippen LogP contribution in [0, 0.1) is 0 Å². The lowest BCUT2D eigenvalue weighted by Gasteiger charge is -2.12. The lowest BCUT2D eigenvalue weighted by atomic mass is 10.1. The number of anilines is 2. The number of aliphatic hydroxyl groups excluding tert-OH is 1. The van der Waals surface area contributed by atoms with Crippen LogP contribution in [0.1, 0.15) is 5.56 Å². The Balaban J connectivity index is 0.000000718. The Kier molecular flexibility index (Phi) is 10.9. The van der Waals surface area contributed by atoms with E-state index in [9.17, 15) is 13.2 Å². The topological polar surface area (TPSA) is 198 Å². The number of benzene rings is 2. The molecule has 12 nitrogen and oxygen atoms in total. The molecule has 0 fully saturated rings. The summed E-state index contributed by atoms with van der Waals surface area (Å²) in [7, 11) is 2.13. The molecule has 0 heterocycles. The minimum Gasteiger partial charge on any atom is -0.496 e. The first-order valence-electron chi connectivity index (χ1n) is 9.62. The van der Waals surface area contributed by atoms with Crippen molar-refractivity contribution in [1.82, 2.24) is 0 Å². The van der Waals surface area contributed by atoms with E-state index in [1.165, 1.54) is 40.6 Å². The maximum Gasteiger partial charge on any atom is 0.255 e. The van der Waals surface area contributed by atoms with Gasteiger partial charge in [-0.05, 0) is 24.3 Å². The van der Waals surface area contributed by atoms with Crippen molar-refractivity contribution >= 4 is 33.4 Å². The molecule has 1 atom stereocenters. The van der Waals surface area contributed by atoms with E-state index < -0.39 is 22.0 Å². The number of amides is 1. The number of nitrogens with two attached hydrogens (primary N) is 3. The maximum absolute atomic E-state index is 12.4. The SMILES string of the molecule is COc1cc(OC)c(C=CS(=O)(=O)Nc2ccc(OC)c(N)c2)c(OC)c1.NC(=O)[C@@H](N)CO. The highest BCUT2D eigenvalue weighted by atomic mass is 32.2. The number of nitrogens with one attached hydrogen (secondary N) is 1. The lowest BCUT2D eigenvalue weighted by molar-refractivity contribution is -0.120. The average Bonchev–Trinajstić information content (AvgIpc) is 2.81. The van der Waals surface area contributed by atoms with E-state index in [1.54, 1.807) is 24.3 Å². The quantitative estimate of drug-likeness (QED) is 0.287. The number of methoxy groups -OCH3 is 4. The summed E-state index contributed by atoms with van der Waals surface area (Å²) in [5.74, 6) is 1.12. The van der Waals surface area contributed by atoms with Crippen LogP contribution in [0.3, 0.4) is 0 Å². The van der Waals surface area contributed by atoms with E-state index in [0.29, 0.717) is 39.9 Å². The molecule has 13 heteroatoms. The summed E-state index contributed by atoms with van der Waals surface area (Å²) in [6.07, 6.45) is 1.38. The van der Waals surface area contributed by atoms with E-state index in [2.05, 4.69) is 10.5 Å². The van der Waals surface area contributed by atoms with Gasteiger partial charge in [0.15, 0.2) is 0 Å². The van der Waals surface area contributed by atoms with Crippen LogP contribution in [-0.2, 0) is 14.8 Å². The van der Waals surface area contributed by atoms with Gasteiger partial charge in [-0.15, -0.1) is 0 Å².